The summed E-state index contributed by atoms with van der Waals surface area (Å²) in [5, 5.41) is 14.1. The number of sulfonamides is 1. The van der Waals surface area contributed by atoms with Crippen molar-refractivity contribution in [2.45, 2.75) is 6.42 Å². The molecule has 0 radical (unpaired) electrons. The molecule has 0 saturated carbocycles. The monoisotopic (exact) mass is 356 g/mol. The molecule has 1 aromatic carbocycles. The van der Waals surface area contributed by atoms with Crippen LogP contribution in [0.4, 0.5) is 5.69 Å². The van der Waals surface area contributed by atoms with Gasteiger partial charge in [0.2, 0.25) is 15.9 Å². The number of benzene rings is 1. The standard InChI is InChI=1S/C14H16N2O7S/c1-23-14(20)10-3-2-9(13(18)19)5-11(10)16-6-8(4-12(16)17)7-24(15,21)22/h2-3,5,8H,4,6-7H2,1H3,(H,18,19)(H2,15,21,22). The van der Waals surface area contributed by atoms with Gasteiger partial charge in [0.15, 0.2) is 0 Å². The summed E-state index contributed by atoms with van der Waals surface area (Å²) in [6.45, 7) is 0.0162. The molecule has 1 saturated heterocycles. The third-order valence-electron chi connectivity index (χ3n) is 3.61. The van der Waals surface area contributed by atoms with Crippen LogP contribution in [-0.4, -0.2) is 50.8 Å². The molecule has 1 heterocycles. The minimum Gasteiger partial charge on any atom is -0.478 e. The van der Waals surface area contributed by atoms with E-state index in [-0.39, 0.29) is 35.5 Å². The molecule has 9 nitrogen and oxygen atoms in total. The number of anilines is 1. The van der Waals surface area contributed by atoms with Crippen molar-refractivity contribution in [3.8, 4) is 0 Å². The number of ether oxygens (including phenoxy) is 1. The van der Waals surface area contributed by atoms with Crippen LogP contribution in [0.5, 0.6) is 0 Å². The first-order valence-corrected chi connectivity index (χ1v) is 8.60. The quantitative estimate of drug-likeness (QED) is 0.696. The Kier molecular flexibility index (Phi) is 4.90. The Morgan fingerprint density at radius 2 is 2.08 bits per heavy atom. The van der Waals surface area contributed by atoms with E-state index in [1.165, 1.54) is 23.1 Å². The zero-order valence-corrected chi connectivity index (χ0v) is 13.6. The number of carbonyl (C=O) groups excluding carboxylic acids is 2. The van der Waals surface area contributed by atoms with Crippen molar-refractivity contribution < 1.29 is 32.6 Å². The smallest absolute Gasteiger partial charge is 0.339 e. The van der Waals surface area contributed by atoms with E-state index in [1.807, 2.05) is 0 Å². The number of hydrogen-bond acceptors (Lipinski definition) is 6. The molecule has 3 N–H and O–H groups in total. The lowest BCUT2D eigenvalue weighted by molar-refractivity contribution is -0.117. The average Bonchev–Trinajstić information content (AvgIpc) is 2.83. The average molecular weight is 356 g/mol. The largest absolute Gasteiger partial charge is 0.478 e. The fraction of sp³-hybridized carbons (Fsp3) is 0.357. The number of esters is 1. The van der Waals surface area contributed by atoms with Crippen molar-refractivity contribution in [3.63, 3.8) is 0 Å². The summed E-state index contributed by atoms with van der Waals surface area (Å²) in [4.78, 5) is 36.4. The number of nitrogens with zero attached hydrogens (tertiary/aromatic N) is 1. The lowest BCUT2D eigenvalue weighted by Gasteiger charge is -2.20. The first-order chi connectivity index (χ1) is 11.1. The summed E-state index contributed by atoms with van der Waals surface area (Å²) in [5.41, 5.74) is -0.0175. The Morgan fingerprint density at radius 1 is 1.42 bits per heavy atom. The highest BCUT2D eigenvalue weighted by atomic mass is 32.2. The maximum absolute atomic E-state index is 12.2. The van der Waals surface area contributed by atoms with Gasteiger partial charge >= 0.3 is 11.9 Å². The molecule has 24 heavy (non-hydrogen) atoms. The van der Waals surface area contributed by atoms with Crippen LogP contribution < -0.4 is 10.0 Å². The number of methoxy groups -OCH3 is 1. The van der Waals surface area contributed by atoms with Gasteiger partial charge in [-0.3, -0.25) is 4.79 Å². The van der Waals surface area contributed by atoms with Crippen LogP contribution in [0.25, 0.3) is 0 Å². The molecule has 1 unspecified atom stereocenters. The Morgan fingerprint density at radius 3 is 2.62 bits per heavy atom. The first kappa shape index (κ1) is 17.9. The van der Waals surface area contributed by atoms with E-state index in [0.717, 1.165) is 7.11 Å². The Bertz CT molecular complexity index is 803. The predicted octanol–water partition coefficient (Wildman–Crippen LogP) is -0.187. The highest BCUT2D eigenvalue weighted by molar-refractivity contribution is 7.89. The SMILES string of the molecule is COC(=O)c1ccc(C(=O)O)cc1N1CC(CS(N)(=O)=O)CC1=O. The Labute approximate surface area is 138 Å². The van der Waals surface area contributed by atoms with Crippen LogP contribution in [0.15, 0.2) is 18.2 Å². The minimum atomic E-state index is -3.75. The van der Waals surface area contributed by atoms with Crippen molar-refractivity contribution in [2.75, 3.05) is 24.3 Å². The number of carboxylic acids is 1. The maximum atomic E-state index is 12.2. The number of rotatable bonds is 5. The number of nitrogens with two attached hydrogens (primary N) is 1. The molecule has 10 heteroatoms. The van der Waals surface area contributed by atoms with Crippen LogP contribution in [-0.2, 0) is 19.6 Å². The molecule has 1 aromatic rings. The number of aromatic carboxylic acids is 1. The van der Waals surface area contributed by atoms with Crippen molar-refractivity contribution in [1.29, 1.82) is 0 Å². The Balaban J connectivity index is 2.42. The van der Waals surface area contributed by atoms with Crippen LogP contribution in [0.2, 0.25) is 0 Å². The molecule has 1 atom stereocenters. The second kappa shape index (κ2) is 6.57. The van der Waals surface area contributed by atoms with Crippen molar-refractivity contribution in [2.24, 2.45) is 11.1 Å². The molecular formula is C14H16N2O7S. The van der Waals surface area contributed by atoms with Gasteiger partial charge in [0.25, 0.3) is 0 Å². The van der Waals surface area contributed by atoms with Crippen LogP contribution in [0.1, 0.15) is 27.1 Å². The van der Waals surface area contributed by atoms with Gasteiger partial charge in [0, 0.05) is 18.9 Å². The van der Waals surface area contributed by atoms with Gasteiger partial charge in [-0.25, -0.2) is 23.1 Å². The maximum Gasteiger partial charge on any atom is 0.339 e. The molecule has 1 amide bonds. The van der Waals surface area contributed by atoms with Crippen molar-refractivity contribution >= 4 is 33.6 Å². The predicted molar refractivity (Wildman–Crippen MR) is 83.2 cm³/mol. The lowest BCUT2D eigenvalue weighted by atomic mass is 10.1. The fourth-order valence-corrected chi connectivity index (χ4v) is 3.51. The first-order valence-electron chi connectivity index (χ1n) is 6.89. The van der Waals surface area contributed by atoms with Gasteiger partial charge in [0.1, 0.15) is 0 Å². The summed E-state index contributed by atoms with van der Waals surface area (Å²) in [7, 11) is -2.59. The van der Waals surface area contributed by atoms with Gasteiger partial charge in [-0.05, 0) is 18.2 Å². The van der Waals surface area contributed by atoms with Gasteiger partial charge in [-0.2, -0.15) is 0 Å². The van der Waals surface area contributed by atoms with Crippen LogP contribution in [0.3, 0.4) is 0 Å². The van der Waals surface area contributed by atoms with E-state index < -0.39 is 33.8 Å². The third kappa shape index (κ3) is 3.89. The summed E-state index contributed by atoms with van der Waals surface area (Å²) in [5.74, 6) is -3.28. The van der Waals surface area contributed by atoms with Gasteiger partial charge < -0.3 is 14.7 Å². The minimum absolute atomic E-state index is 0.0162. The van der Waals surface area contributed by atoms with E-state index in [2.05, 4.69) is 4.74 Å². The van der Waals surface area contributed by atoms with Gasteiger partial charge in [-0.1, -0.05) is 0 Å². The molecule has 0 aliphatic carbocycles. The number of carboxylic acid groups (broad SMARTS) is 1. The van der Waals surface area contributed by atoms with Crippen molar-refractivity contribution in [1.82, 2.24) is 0 Å². The molecule has 1 aliphatic rings. The summed E-state index contributed by atoms with van der Waals surface area (Å²) < 4.78 is 27.0. The number of carbonyl (C=O) groups is 3. The summed E-state index contributed by atoms with van der Waals surface area (Å²) >= 11 is 0. The molecular weight excluding hydrogens is 340 g/mol. The zero-order chi connectivity index (χ0) is 18.1. The third-order valence-corrected chi connectivity index (χ3v) is 4.55. The Hall–Kier alpha value is -2.46. The molecule has 2 rings (SSSR count). The number of primary sulfonamides is 1. The highest BCUT2D eigenvalue weighted by Crippen LogP contribution is 2.30. The number of amides is 1. The van der Waals surface area contributed by atoms with E-state index >= 15 is 0 Å². The van der Waals surface area contributed by atoms with Gasteiger partial charge in [-0.15, -0.1) is 0 Å². The van der Waals surface area contributed by atoms with E-state index in [1.54, 1.807) is 0 Å². The van der Waals surface area contributed by atoms with Crippen molar-refractivity contribution in [3.05, 3.63) is 29.3 Å². The van der Waals surface area contributed by atoms with E-state index in [4.69, 9.17) is 10.2 Å². The highest BCUT2D eigenvalue weighted by Gasteiger charge is 2.35. The molecule has 0 bridgehead atoms. The van der Waals surface area contributed by atoms with Crippen LogP contribution in [0, 0.1) is 5.92 Å². The van der Waals surface area contributed by atoms with E-state index in [9.17, 15) is 22.8 Å². The lowest BCUT2D eigenvalue weighted by Crippen LogP contribution is -2.29. The normalized spacial score (nSPS) is 17.8. The summed E-state index contributed by atoms with van der Waals surface area (Å²) in [6.07, 6.45) is -0.0612. The molecule has 0 spiro atoms. The van der Waals surface area contributed by atoms with Gasteiger partial charge in [0.05, 0.1) is 29.7 Å². The second-order valence-corrected chi connectivity index (χ2v) is 7.09. The summed E-state index contributed by atoms with van der Waals surface area (Å²) in [6, 6.07) is 3.66. The topological polar surface area (TPSA) is 144 Å². The molecule has 130 valence electrons. The second-order valence-electron chi connectivity index (χ2n) is 5.43. The van der Waals surface area contributed by atoms with Crippen LogP contribution >= 0.6 is 0 Å². The fourth-order valence-electron chi connectivity index (χ4n) is 2.63. The number of hydrogen-bond donors (Lipinski definition) is 2. The zero-order valence-electron chi connectivity index (χ0n) is 12.8. The molecule has 0 aromatic heterocycles. The molecule has 1 fully saturated rings. The molecule has 1 aliphatic heterocycles. The van der Waals surface area contributed by atoms with E-state index in [0.29, 0.717) is 0 Å².